The topological polar surface area (TPSA) is 55.1 Å². The van der Waals surface area contributed by atoms with Crippen LogP contribution in [0, 0.1) is 37.0 Å². The molecule has 0 radical (unpaired) electrons. The van der Waals surface area contributed by atoms with Gasteiger partial charge in [0.05, 0.1) is 5.69 Å². The lowest BCUT2D eigenvalue weighted by Gasteiger charge is -2.57. The van der Waals surface area contributed by atoms with E-state index in [2.05, 4.69) is 10.5 Å². The zero-order valence-electron chi connectivity index (χ0n) is 13.7. The van der Waals surface area contributed by atoms with Crippen LogP contribution in [0.3, 0.4) is 0 Å². The second-order valence-corrected chi connectivity index (χ2v) is 8.12. The van der Waals surface area contributed by atoms with Crippen molar-refractivity contribution in [3.05, 3.63) is 17.0 Å². The van der Waals surface area contributed by atoms with E-state index < -0.39 is 0 Å². The van der Waals surface area contributed by atoms with Crippen LogP contribution in [0.5, 0.6) is 0 Å². The minimum Gasteiger partial charge on any atom is -0.361 e. The molecule has 0 aliphatic heterocycles. The van der Waals surface area contributed by atoms with E-state index in [1.807, 2.05) is 6.92 Å². The third kappa shape index (κ3) is 2.37. The van der Waals surface area contributed by atoms with Crippen molar-refractivity contribution in [2.45, 2.75) is 58.8 Å². The fourth-order valence-electron chi connectivity index (χ4n) is 5.93. The van der Waals surface area contributed by atoms with Crippen molar-refractivity contribution in [2.24, 2.45) is 23.2 Å². The number of hydrogen-bond acceptors (Lipinski definition) is 3. The smallest absolute Gasteiger partial charge is 0.256 e. The summed E-state index contributed by atoms with van der Waals surface area (Å²) >= 11 is 0. The lowest BCUT2D eigenvalue weighted by molar-refractivity contribution is -0.0564. The minimum absolute atomic E-state index is 0.0269. The minimum atomic E-state index is -0.0269. The average Bonchev–Trinajstić information content (AvgIpc) is 2.76. The summed E-state index contributed by atoms with van der Waals surface area (Å²) in [4.78, 5) is 12.3. The summed E-state index contributed by atoms with van der Waals surface area (Å²) in [5, 5.41) is 6.97. The number of carbonyl (C=O) groups is 1. The number of nitrogens with zero attached hydrogens (tertiary/aromatic N) is 1. The predicted octanol–water partition coefficient (Wildman–Crippen LogP) is 3.63. The maximum absolute atomic E-state index is 12.3. The Morgan fingerprint density at radius 1 is 1.18 bits per heavy atom. The van der Waals surface area contributed by atoms with Gasteiger partial charge in [-0.15, -0.1) is 0 Å². The van der Waals surface area contributed by atoms with Gasteiger partial charge in [-0.25, -0.2) is 0 Å². The zero-order chi connectivity index (χ0) is 15.3. The quantitative estimate of drug-likeness (QED) is 0.924. The maximum atomic E-state index is 12.3. The van der Waals surface area contributed by atoms with Crippen molar-refractivity contribution in [2.75, 3.05) is 6.54 Å². The molecule has 4 saturated carbocycles. The van der Waals surface area contributed by atoms with Crippen LogP contribution in [-0.4, -0.2) is 17.6 Å². The largest absolute Gasteiger partial charge is 0.361 e. The molecular weight excluding hydrogens is 276 g/mol. The first-order valence-electron chi connectivity index (χ1n) is 8.76. The summed E-state index contributed by atoms with van der Waals surface area (Å²) in [7, 11) is 0. The molecule has 0 spiro atoms. The van der Waals surface area contributed by atoms with Crippen molar-refractivity contribution >= 4 is 5.91 Å². The standard InChI is InChI=1S/C18H26N2O2/c1-11-16(12(2)22-20-11)17(21)19-4-3-18-8-13-5-14(9-18)7-15(6-13)10-18/h13-15H,3-10H2,1-2H3,(H,19,21). The van der Waals surface area contributed by atoms with E-state index in [9.17, 15) is 4.79 Å². The molecule has 22 heavy (non-hydrogen) atoms. The molecule has 4 heteroatoms. The van der Waals surface area contributed by atoms with Gasteiger partial charge in [0, 0.05) is 6.54 Å². The highest BCUT2D eigenvalue weighted by Crippen LogP contribution is 2.61. The molecule has 4 nitrogen and oxygen atoms in total. The van der Waals surface area contributed by atoms with E-state index in [-0.39, 0.29) is 5.91 Å². The maximum Gasteiger partial charge on any atom is 0.256 e. The van der Waals surface area contributed by atoms with Gasteiger partial charge in [0.15, 0.2) is 0 Å². The fraction of sp³-hybridized carbons (Fsp3) is 0.778. The van der Waals surface area contributed by atoms with Crippen molar-refractivity contribution in [1.82, 2.24) is 10.5 Å². The van der Waals surface area contributed by atoms with Gasteiger partial charge >= 0.3 is 0 Å². The molecule has 0 saturated heterocycles. The summed E-state index contributed by atoms with van der Waals surface area (Å²) < 4.78 is 5.09. The molecule has 1 aromatic heterocycles. The van der Waals surface area contributed by atoms with Gasteiger partial charge in [0.2, 0.25) is 0 Å². The second kappa shape index (κ2) is 5.10. The van der Waals surface area contributed by atoms with Crippen LogP contribution in [0.2, 0.25) is 0 Å². The Balaban J connectivity index is 1.37. The molecule has 120 valence electrons. The SMILES string of the molecule is Cc1noc(C)c1C(=O)NCCC12CC3CC(CC(C3)C1)C2. The van der Waals surface area contributed by atoms with Crippen LogP contribution in [-0.2, 0) is 0 Å². The average molecular weight is 302 g/mol. The number of hydrogen-bond donors (Lipinski definition) is 1. The van der Waals surface area contributed by atoms with Crippen molar-refractivity contribution < 1.29 is 9.32 Å². The zero-order valence-corrected chi connectivity index (χ0v) is 13.7. The number of aryl methyl sites for hydroxylation is 2. The molecule has 0 aromatic carbocycles. The molecule has 0 atom stereocenters. The first kappa shape index (κ1) is 14.3. The molecule has 1 amide bonds. The third-order valence-corrected chi connectivity index (χ3v) is 6.37. The Kier molecular flexibility index (Phi) is 3.31. The molecule has 1 N–H and O–H groups in total. The van der Waals surface area contributed by atoms with Crippen LogP contribution in [0.1, 0.15) is 66.8 Å². The third-order valence-electron chi connectivity index (χ3n) is 6.37. The van der Waals surface area contributed by atoms with E-state index in [0.29, 0.717) is 22.4 Å². The summed E-state index contributed by atoms with van der Waals surface area (Å²) in [6.45, 7) is 4.41. The van der Waals surface area contributed by atoms with Gasteiger partial charge in [0.25, 0.3) is 5.91 Å². The van der Waals surface area contributed by atoms with Gasteiger partial charge < -0.3 is 9.84 Å². The lowest BCUT2D eigenvalue weighted by atomic mass is 9.49. The van der Waals surface area contributed by atoms with Gasteiger partial charge in [-0.1, -0.05) is 5.16 Å². The second-order valence-electron chi connectivity index (χ2n) is 8.12. The summed E-state index contributed by atoms with van der Waals surface area (Å²) in [5.41, 5.74) is 1.83. The van der Waals surface area contributed by atoms with Gasteiger partial charge in [-0.3, -0.25) is 4.79 Å². The molecular formula is C18H26N2O2. The van der Waals surface area contributed by atoms with Gasteiger partial charge in [-0.05, 0) is 82.0 Å². The Labute approximate surface area is 132 Å². The first-order valence-corrected chi connectivity index (χ1v) is 8.76. The number of nitrogens with one attached hydrogen (secondary N) is 1. The van der Waals surface area contributed by atoms with Gasteiger partial charge in [0.1, 0.15) is 11.3 Å². The Hall–Kier alpha value is -1.32. The normalized spacial score (nSPS) is 35.8. The van der Waals surface area contributed by atoms with Crippen molar-refractivity contribution in [1.29, 1.82) is 0 Å². The highest BCUT2D eigenvalue weighted by Gasteiger charge is 2.50. The van der Waals surface area contributed by atoms with E-state index in [4.69, 9.17) is 4.52 Å². The Morgan fingerprint density at radius 2 is 1.77 bits per heavy atom. The highest BCUT2D eigenvalue weighted by molar-refractivity contribution is 5.96. The summed E-state index contributed by atoms with van der Waals surface area (Å²) in [6.07, 6.45) is 9.78. The molecule has 4 bridgehead atoms. The molecule has 4 aliphatic carbocycles. The van der Waals surface area contributed by atoms with Crippen LogP contribution >= 0.6 is 0 Å². The molecule has 0 unspecified atom stereocenters. The van der Waals surface area contributed by atoms with Crippen LogP contribution in [0.4, 0.5) is 0 Å². The van der Waals surface area contributed by atoms with Crippen LogP contribution < -0.4 is 5.32 Å². The molecule has 1 heterocycles. The van der Waals surface area contributed by atoms with Crippen LogP contribution in [0.15, 0.2) is 4.52 Å². The van der Waals surface area contributed by atoms with Crippen molar-refractivity contribution in [3.8, 4) is 0 Å². The number of amides is 1. The van der Waals surface area contributed by atoms with E-state index in [0.717, 1.165) is 30.7 Å². The van der Waals surface area contributed by atoms with Gasteiger partial charge in [-0.2, -0.15) is 0 Å². The molecule has 1 aromatic rings. The van der Waals surface area contributed by atoms with Crippen LogP contribution in [0.25, 0.3) is 0 Å². The van der Waals surface area contributed by atoms with E-state index >= 15 is 0 Å². The first-order chi connectivity index (χ1) is 10.5. The number of aromatic nitrogens is 1. The monoisotopic (exact) mass is 302 g/mol. The molecule has 4 aliphatic rings. The van der Waals surface area contributed by atoms with E-state index in [1.165, 1.54) is 38.5 Å². The summed E-state index contributed by atoms with van der Waals surface area (Å²) in [6, 6.07) is 0. The van der Waals surface area contributed by atoms with E-state index in [1.54, 1.807) is 6.92 Å². The van der Waals surface area contributed by atoms with Crippen molar-refractivity contribution in [3.63, 3.8) is 0 Å². The Morgan fingerprint density at radius 3 is 2.27 bits per heavy atom. The molecule has 4 fully saturated rings. The lowest BCUT2D eigenvalue weighted by Crippen LogP contribution is -2.47. The molecule has 5 rings (SSSR count). The number of carbonyl (C=O) groups excluding carboxylic acids is 1. The fourth-order valence-corrected chi connectivity index (χ4v) is 5.93. The Bertz CT molecular complexity index is 535. The highest BCUT2D eigenvalue weighted by atomic mass is 16.5. The number of rotatable bonds is 4. The summed E-state index contributed by atoms with van der Waals surface area (Å²) in [5.74, 6) is 3.52. The predicted molar refractivity (Wildman–Crippen MR) is 83.5 cm³/mol.